The molecule has 2 unspecified atom stereocenters. The lowest BCUT2D eigenvalue weighted by Crippen LogP contribution is -2.26. The summed E-state index contributed by atoms with van der Waals surface area (Å²) in [7, 11) is 0. The number of hydrogen-bond acceptors (Lipinski definition) is 2. The van der Waals surface area contributed by atoms with Crippen LogP contribution in [-0.2, 0) is 4.79 Å². The lowest BCUT2D eigenvalue weighted by atomic mass is 10.1. The average Bonchev–Trinajstić information content (AvgIpc) is 3.41. The van der Waals surface area contributed by atoms with Crippen molar-refractivity contribution in [1.82, 2.24) is 5.32 Å². The molecule has 0 aliphatic heterocycles. The molecule has 1 amide bonds. The van der Waals surface area contributed by atoms with Crippen LogP contribution >= 0.6 is 0 Å². The largest absolute Gasteiger partial charge is 0.494 e. The van der Waals surface area contributed by atoms with Gasteiger partial charge >= 0.3 is 0 Å². The first-order valence-electron chi connectivity index (χ1n) is 8.55. The third-order valence-corrected chi connectivity index (χ3v) is 4.38. The van der Waals surface area contributed by atoms with E-state index in [1.807, 2.05) is 0 Å². The number of carbonyl (C=O) groups excluding carboxylic acids is 1. The zero-order valence-electron chi connectivity index (χ0n) is 13.9. The average molecular weight is 345 g/mol. The Morgan fingerprint density at radius 1 is 1.00 bits per heavy atom. The van der Waals surface area contributed by atoms with Crippen LogP contribution in [0.3, 0.4) is 0 Å². The number of nitrogens with one attached hydrogen (secondary N) is 1. The Morgan fingerprint density at radius 3 is 2.32 bits per heavy atom. The highest BCUT2D eigenvalue weighted by atomic mass is 19.1. The number of unbranched alkanes of at least 4 members (excludes halogenated alkanes) is 1. The van der Waals surface area contributed by atoms with Crippen molar-refractivity contribution in [3.05, 3.63) is 65.7 Å². The van der Waals surface area contributed by atoms with E-state index in [1.165, 1.54) is 24.3 Å². The molecule has 5 heteroatoms. The molecule has 3 rings (SSSR count). The number of carbonyl (C=O) groups is 1. The molecule has 1 fully saturated rings. The van der Waals surface area contributed by atoms with Gasteiger partial charge in [-0.15, -0.1) is 0 Å². The molecular weight excluding hydrogens is 324 g/mol. The molecule has 25 heavy (non-hydrogen) atoms. The van der Waals surface area contributed by atoms with Gasteiger partial charge in [0.15, 0.2) is 0 Å². The van der Waals surface area contributed by atoms with Crippen molar-refractivity contribution < 1.29 is 18.3 Å². The van der Waals surface area contributed by atoms with Gasteiger partial charge in [-0.25, -0.2) is 8.78 Å². The maximum absolute atomic E-state index is 12.9. The minimum Gasteiger partial charge on any atom is -0.494 e. The molecule has 2 atom stereocenters. The van der Waals surface area contributed by atoms with E-state index in [9.17, 15) is 13.6 Å². The van der Waals surface area contributed by atoms with E-state index in [0.29, 0.717) is 18.9 Å². The predicted molar refractivity (Wildman–Crippen MR) is 91.4 cm³/mol. The Bertz CT molecular complexity index is 701. The highest BCUT2D eigenvalue weighted by molar-refractivity contribution is 5.82. The van der Waals surface area contributed by atoms with Crippen LogP contribution < -0.4 is 10.1 Å². The first kappa shape index (κ1) is 17.4. The van der Waals surface area contributed by atoms with Crippen LogP contribution in [0.5, 0.6) is 5.75 Å². The fourth-order valence-corrected chi connectivity index (χ4v) is 2.85. The first-order chi connectivity index (χ1) is 12.1. The maximum Gasteiger partial charge on any atom is 0.223 e. The van der Waals surface area contributed by atoms with E-state index in [4.69, 9.17) is 4.74 Å². The fourth-order valence-electron chi connectivity index (χ4n) is 2.85. The molecule has 0 saturated heterocycles. The van der Waals surface area contributed by atoms with Gasteiger partial charge in [-0.2, -0.15) is 0 Å². The Morgan fingerprint density at radius 2 is 1.64 bits per heavy atom. The van der Waals surface area contributed by atoms with Crippen LogP contribution in [0.2, 0.25) is 0 Å². The van der Waals surface area contributed by atoms with Crippen molar-refractivity contribution in [3.63, 3.8) is 0 Å². The number of rotatable bonds is 8. The zero-order valence-corrected chi connectivity index (χ0v) is 13.9. The first-order valence-corrected chi connectivity index (χ1v) is 8.55. The Hall–Kier alpha value is -2.43. The normalized spacial score (nSPS) is 18.6. The summed E-state index contributed by atoms with van der Waals surface area (Å²) in [6, 6.07) is 12.3. The molecule has 2 aromatic rings. The number of ether oxygens (including phenoxy) is 1. The van der Waals surface area contributed by atoms with E-state index in [2.05, 4.69) is 5.32 Å². The molecule has 0 aromatic heterocycles. The van der Waals surface area contributed by atoms with Crippen molar-refractivity contribution in [1.29, 1.82) is 0 Å². The van der Waals surface area contributed by atoms with Crippen molar-refractivity contribution in [2.24, 2.45) is 5.92 Å². The third kappa shape index (κ3) is 5.02. The van der Waals surface area contributed by atoms with Crippen LogP contribution in [0.15, 0.2) is 48.5 Å². The lowest BCUT2D eigenvalue weighted by Gasteiger charge is -2.07. The molecule has 1 saturated carbocycles. The summed E-state index contributed by atoms with van der Waals surface area (Å²) in [6.45, 7) is 1.14. The van der Waals surface area contributed by atoms with Gasteiger partial charge in [-0.3, -0.25) is 4.79 Å². The summed E-state index contributed by atoms with van der Waals surface area (Å²) in [4.78, 5) is 12.1. The summed E-state index contributed by atoms with van der Waals surface area (Å²) in [5, 5.41) is 2.94. The van der Waals surface area contributed by atoms with Gasteiger partial charge in [0.2, 0.25) is 5.91 Å². The van der Waals surface area contributed by atoms with E-state index in [-0.39, 0.29) is 29.4 Å². The second kappa shape index (κ2) is 8.10. The Kier molecular flexibility index (Phi) is 5.64. The second-order valence-corrected chi connectivity index (χ2v) is 6.30. The third-order valence-electron chi connectivity index (χ3n) is 4.38. The maximum atomic E-state index is 12.9. The van der Waals surface area contributed by atoms with E-state index in [0.717, 1.165) is 24.8 Å². The minimum atomic E-state index is -0.283. The highest BCUT2D eigenvalue weighted by Gasteiger charge is 2.43. The molecule has 0 spiro atoms. The highest BCUT2D eigenvalue weighted by Crippen LogP contribution is 2.47. The molecule has 1 aliphatic rings. The van der Waals surface area contributed by atoms with Crippen molar-refractivity contribution in [3.8, 4) is 5.75 Å². The Balaban J connectivity index is 1.29. The summed E-state index contributed by atoms with van der Waals surface area (Å²) >= 11 is 0. The van der Waals surface area contributed by atoms with Gasteiger partial charge in [0, 0.05) is 12.5 Å². The lowest BCUT2D eigenvalue weighted by molar-refractivity contribution is -0.122. The summed E-state index contributed by atoms with van der Waals surface area (Å²) in [5.41, 5.74) is 1.02. The van der Waals surface area contributed by atoms with Gasteiger partial charge in [0.25, 0.3) is 0 Å². The van der Waals surface area contributed by atoms with E-state index in [1.54, 1.807) is 24.3 Å². The number of benzene rings is 2. The Labute approximate surface area is 146 Å². The van der Waals surface area contributed by atoms with Crippen LogP contribution in [-0.4, -0.2) is 19.1 Å². The molecule has 0 radical (unpaired) electrons. The topological polar surface area (TPSA) is 38.3 Å². The molecule has 1 N–H and O–H groups in total. The smallest absolute Gasteiger partial charge is 0.223 e. The van der Waals surface area contributed by atoms with Crippen LogP contribution in [0.1, 0.15) is 30.7 Å². The van der Waals surface area contributed by atoms with Gasteiger partial charge in [0.1, 0.15) is 17.4 Å². The second-order valence-electron chi connectivity index (χ2n) is 6.30. The van der Waals surface area contributed by atoms with Crippen LogP contribution in [0.25, 0.3) is 0 Å². The van der Waals surface area contributed by atoms with Crippen LogP contribution in [0.4, 0.5) is 8.78 Å². The number of amides is 1. The monoisotopic (exact) mass is 345 g/mol. The van der Waals surface area contributed by atoms with Crippen LogP contribution in [0, 0.1) is 17.6 Å². The van der Waals surface area contributed by atoms with Crippen molar-refractivity contribution in [2.75, 3.05) is 13.2 Å². The summed E-state index contributed by atoms with van der Waals surface area (Å²) in [5.74, 6) is 0.380. The molecule has 0 heterocycles. The SMILES string of the molecule is O=C(NCCCCOc1ccc(F)cc1)C1CC1c1ccc(F)cc1. The standard InChI is InChI=1S/C20H21F2NO2/c21-15-5-3-14(4-6-15)18-13-19(18)20(24)23-11-1-2-12-25-17-9-7-16(22)8-10-17/h3-10,18-19H,1-2,11-13H2,(H,23,24). The fraction of sp³-hybridized carbons (Fsp3) is 0.350. The molecular formula is C20H21F2NO2. The predicted octanol–water partition coefficient (Wildman–Crippen LogP) is 4.04. The molecule has 3 nitrogen and oxygen atoms in total. The summed E-state index contributed by atoms with van der Waals surface area (Å²) < 4.78 is 31.2. The van der Waals surface area contributed by atoms with Crippen molar-refractivity contribution >= 4 is 5.91 Å². The molecule has 132 valence electrons. The molecule has 1 aliphatic carbocycles. The van der Waals surface area contributed by atoms with Gasteiger partial charge < -0.3 is 10.1 Å². The molecule has 0 bridgehead atoms. The zero-order chi connectivity index (χ0) is 17.6. The van der Waals surface area contributed by atoms with Gasteiger partial charge in [-0.05, 0) is 67.1 Å². The summed E-state index contributed by atoms with van der Waals surface area (Å²) in [6.07, 6.45) is 2.45. The number of halogens is 2. The quantitative estimate of drug-likeness (QED) is 0.733. The molecule has 2 aromatic carbocycles. The van der Waals surface area contributed by atoms with Gasteiger partial charge in [0.05, 0.1) is 6.61 Å². The number of hydrogen-bond donors (Lipinski definition) is 1. The van der Waals surface area contributed by atoms with Crippen molar-refractivity contribution in [2.45, 2.75) is 25.2 Å². The van der Waals surface area contributed by atoms with E-state index < -0.39 is 0 Å². The van der Waals surface area contributed by atoms with E-state index >= 15 is 0 Å². The minimum absolute atomic E-state index is 0.000858. The van der Waals surface area contributed by atoms with Gasteiger partial charge in [-0.1, -0.05) is 12.1 Å².